The standard InChI is InChI=1S/C20H26N6O2S/c1-12-6-15(16-17(21)18(19(22)27)29-20(16)24-12)26-5-3-4-13(8-26)9-28-10-14-7-23-11-25(14)2/h6-7,11,13H,3-5,8-10,21H2,1-2H3,(H2,22,27)/t13-/m0/s1. The van der Waals surface area contributed by atoms with Crippen LogP contribution in [0.5, 0.6) is 0 Å². The van der Waals surface area contributed by atoms with Gasteiger partial charge in [0.25, 0.3) is 5.91 Å². The van der Waals surface area contributed by atoms with Gasteiger partial charge in [-0.25, -0.2) is 9.97 Å². The van der Waals surface area contributed by atoms with Crippen molar-refractivity contribution in [3.63, 3.8) is 0 Å². The van der Waals surface area contributed by atoms with Crippen LogP contribution in [0.15, 0.2) is 18.6 Å². The fourth-order valence-corrected chi connectivity index (χ4v) is 4.94. The highest BCUT2D eigenvalue weighted by Crippen LogP contribution is 2.40. The third-order valence-corrected chi connectivity index (χ3v) is 6.52. The Morgan fingerprint density at radius 1 is 1.45 bits per heavy atom. The van der Waals surface area contributed by atoms with Crippen molar-refractivity contribution in [3.8, 4) is 0 Å². The molecule has 1 amide bonds. The van der Waals surface area contributed by atoms with Crippen LogP contribution in [0.3, 0.4) is 0 Å². The molecule has 4 heterocycles. The van der Waals surface area contributed by atoms with Crippen LogP contribution < -0.4 is 16.4 Å². The zero-order valence-corrected chi connectivity index (χ0v) is 17.5. The van der Waals surface area contributed by atoms with Crippen LogP contribution in [0.4, 0.5) is 11.4 Å². The zero-order chi connectivity index (χ0) is 20.5. The van der Waals surface area contributed by atoms with E-state index in [2.05, 4.69) is 20.9 Å². The van der Waals surface area contributed by atoms with Gasteiger partial charge in [-0.2, -0.15) is 0 Å². The summed E-state index contributed by atoms with van der Waals surface area (Å²) in [5.74, 6) is -0.0786. The van der Waals surface area contributed by atoms with Crippen LogP contribution in [0.2, 0.25) is 0 Å². The van der Waals surface area contributed by atoms with Gasteiger partial charge in [-0.3, -0.25) is 4.79 Å². The molecule has 1 saturated heterocycles. The van der Waals surface area contributed by atoms with Crippen LogP contribution in [0, 0.1) is 12.8 Å². The van der Waals surface area contributed by atoms with Crippen molar-refractivity contribution >= 4 is 38.8 Å². The summed E-state index contributed by atoms with van der Waals surface area (Å²) in [5, 5.41) is 0.839. The van der Waals surface area contributed by atoms with E-state index in [4.69, 9.17) is 16.2 Å². The maximum Gasteiger partial charge on any atom is 0.260 e. The molecule has 4 N–H and O–H groups in total. The third kappa shape index (κ3) is 3.92. The molecular weight excluding hydrogens is 388 g/mol. The Balaban J connectivity index is 1.52. The van der Waals surface area contributed by atoms with Crippen LogP contribution >= 0.6 is 11.3 Å². The summed E-state index contributed by atoms with van der Waals surface area (Å²) in [6.45, 7) is 5.04. The number of anilines is 2. The smallest absolute Gasteiger partial charge is 0.260 e. The molecule has 0 unspecified atom stereocenters. The number of rotatable bonds is 6. The van der Waals surface area contributed by atoms with Gasteiger partial charge in [0.2, 0.25) is 0 Å². The van der Waals surface area contributed by atoms with Crippen molar-refractivity contribution < 1.29 is 9.53 Å². The largest absolute Gasteiger partial charge is 0.397 e. The Kier molecular flexibility index (Phi) is 5.42. The summed E-state index contributed by atoms with van der Waals surface area (Å²) in [6.07, 6.45) is 5.82. The Hall–Kier alpha value is -2.65. The molecule has 0 aliphatic carbocycles. The molecule has 3 aromatic heterocycles. The Morgan fingerprint density at radius 2 is 2.28 bits per heavy atom. The number of amides is 1. The van der Waals surface area contributed by atoms with E-state index >= 15 is 0 Å². The number of piperidine rings is 1. The van der Waals surface area contributed by atoms with Crippen molar-refractivity contribution in [1.82, 2.24) is 14.5 Å². The number of aromatic nitrogens is 3. The molecule has 1 aliphatic rings. The molecular formula is C20H26N6O2S. The predicted molar refractivity (Wildman–Crippen MR) is 115 cm³/mol. The molecule has 0 aromatic carbocycles. The summed E-state index contributed by atoms with van der Waals surface area (Å²) in [7, 11) is 1.97. The van der Waals surface area contributed by atoms with E-state index in [1.165, 1.54) is 11.3 Å². The zero-order valence-electron chi connectivity index (χ0n) is 16.7. The summed E-state index contributed by atoms with van der Waals surface area (Å²) in [4.78, 5) is 23.9. The lowest BCUT2D eigenvalue weighted by Gasteiger charge is -2.35. The molecule has 8 nitrogen and oxygen atoms in total. The van der Waals surface area contributed by atoms with E-state index in [1.54, 1.807) is 6.33 Å². The summed E-state index contributed by atoms with van der Waals surface area (Å²) < 4.78 is 7.94. The number of nitrogen functional groups attached to an aromatic ring is 1. The maximum atomic E-state index is 11.7. The fraction of sp³-hybridized carbons (Fsp3) is 0.450. The number of fused-ring (bicyclic) bond motifs is 1. The van der Waals surface area contributed by atoms with E-state index in [-0.39, 0.29) is 0 Å². The maximum absolute atomic E-state index is 11.7. The second-order valence-corrected chi connectivity index (χ2v) is 8.64. The minimum Gasteiger partial charge on any atom is -0.397 e. The first-order valence-corrected chi connectivity index (χ1v) is 10.5. The van der Waals surface area contributed by atoms with Gasteiger partial charge in [0.05, 0.1) is 48.2 Å². The first-order valence-electron chi connectivity index (χ1n) is 9.71. The summed E-state index contributed by atoms with van der Waals surface area (Å²) in [5.41, 5.74) is 15.2. The normalized spacial score (nSPS) is 17.2. The van der Waals surface area contributed by atoms with Gasteiger partial charge in [-0.15, -0.1) is 11.3 Å². The predicted octanol–water partition coefficient (Wildman–Crippen LogP) is 2.45. The van der Waals surface area contributed by atoms with Crippen LogP contribution in [-0.2, 0) is 18.4 Å². The third-order valence-electron chi connectivity index (χ3n) is 5.41. The van der Waals surface area contributed by atoms with Gasteiger partial charge < -0.3 is 25.7 Å². The molecule has 0 radical (unpaired) electrons. The number of imidazole rings is 1. The van der Waals surface area contributed by atoms with Crippen molar-refractivity contribution in [2.75, 3.05) is 30.3 Å². The number of nitrogens with zero attached hydrogens (tertiary/aromatic N) is 4. The highest BCUT2D eigenvalue weighted by Gasteiger charge is 2.25. The number of nitrogens with two attached hydrogens (primary N) is 2. The van der Waals surface area contributed by atoms with Crippen molar-refractivity contribution in [2.45, 2.75) is 26.4 Å². The lowest BCUT2D eigenvalue weighted by Crippen LogP contribution is -2.37. The van der Waals surface area contributed by atoms with Gasteiger partial charge in [-0.1, -0.05) is 0 Å². The van der Waals surface area contributed by atoms with Gasteiger partial charge in [-0.05, 0) is 31.7 Å². The lowest BCUT2D eigenvalue weighted by molar-refractivity contribution is 0.0783. The first-order chi connectivity index (χ1) is 13.9. The summed E-state index contributed by atoms with van der Waals surface area (Å²) in [6, 6.07) is 2.05. The number of pyridine rings is 1. The monoisotopic (exact) mass is 414 g/mol. The number of carbonyl (C=O) groups is 1. The number of thiophene rings is 1. The summed E-state index contributed by atoms with van der Waals surface area (Å²) >= 11 is 1.27. The average Bonchev–Trinajstić information content (AvgIpc) is 3.24. The number of ether oxygens (including phenoxy) is 1. The minimum absolute atomic E-state index is 0.382. The number of hydrogen-bond donors (Lipinski definition) is 2. The van der Waals surface area contributed by atoms with Crippen molar-refractivity contribution in [1.29, 1.82) is 0 Å². The molecule has 0 spiro atoms. The second-order valence-electron chi connectivity index (χ2n) is 7.64. The molecule has 1 fully saturated rings. The van der Waals surface area contributed by atoms with Crippen LogP contribution in [0.25, 0.3) is 10.2 Å². The molecule has 0 bridgehead atoms. The number of aryl methyl sites for hydroxylation is 2. The van der Waals surface area contributed by atoms with E-state index < -0.39 is 5.91 Å². The van der Waals surface area contributed by atoms with E-state index in [0.29, 0.717) is 29.7 Å². The average molecular weight is 415 g/mol. The molecule has 9 heteroatoms. The van der Waals surface area contributed by atoms with E-state index in [0.717, 1.165) is 53.2 Å². The number of hydrogen-bond acceptors (Lipinski definition) is 7. The van der Waals surface area contributed by atoms with Gasteiger partial charge in [0.1, 0.15) is 9.71 Å². The van der Waals surface area contributed by atoms with Gasteiger partial charge in [0.15, 0.2) is 0 Å². The lowest BCUT2D eigenvalue weighted by atomic mass is 9.98. The molecule has 29 heavy (non-hydrogen) atoms. The van der Waals surface area contributed by atoms with Crippen LogP contribution in [0.1, 0.15) is 33.9 Å². The molecule has 0 saturated carbocycles. The quantitative estimate of drug-likeness (QED) is 0.641. The second kappa shape index (κ2) is 8.00. The Morgan fingerprint density at radius 3 is 3.00 bits per heavy atom. The highest BCUT2D eigenvalue weighted by atomic mass is 32.1. The highest BCUT2D eigenvalue weighted by molar-refractivity contribution is 7.21. The molecule has 3 aromatic rings. The van der Waals surface area contributed by atoms with Crippen molar-refractivity contribution in [3.05, 3.63) is 34.9 Å². The number of primary amides is 1. The van der Waals surface area contributed by atoms with Gasteiger partial charge in [0, 0.05) is 25.8 Å². The number of carbonyl (C=O) groups excluding carboxylic acids is 1. The topological polar surface area (TPSA) is 112 Å². The Labute approximate surface area is 173 Å². The van der Waals surface area contributed by atoms with E-state index in [9.17, 15) is 4.79 Å². The molecule has 154 valence electrons. The van der Waals surface area contributed by atoms with E-state index in [1.807, 2.05) is 24.7 Å². The fourth-order valence-electron chi connectivity index (χ4n) is 3.93. The molecule has 1 atom stereocenters. The SMILES string of the molecule is Cc1cc(N2CCC[C@H](COCc3cncn3C)C2)c2c(N)c(C(N)=O)sc2n1. The first kappa shape index (κ1) is 19.7. The van der Waals surface area contributed by atoms with Crippen LogP contribution in [-0.4, -0.2) is 40.1 Å². The van der Waals surface area contributed by atoms with Gasteiger partial charge >= 0.3 is 0 Å². The molecule has 1 aliphatic heterocycles. The molecule has 4 rings (SSSR count). The van der Waals surface area contributed by atoms with Crippen molar-refractivity contribution in [2.24, 2.45) is 18.7 Å². The Bertz CT molecular complexity index is 1040. The minimum atomic E-state index is -0.505.